The Labute approximate surface area is 183 Å². The molecule has 0 saturated carbocycles. The van der Waals surface area contributed by atoms with Gasteiger partial charge >= 0.3 is 0 Å². The number of hydrogen-bond donors (Lipinski definition) is 3. The van der Waals surface area contributed by atoms with Crippen LogP contribution in [0.25, 0.3) is 0 Å². The topological polar surface area (TPSA) is 87.2 Å². The Morgan fingerprint density at radius 3 is 2.63 bits per heavy atom. The second-order valence-electron chi connectivity index (χ2n) is 7.48. The normalized spacial score (nSPS) is 14.4. The number of rotatable bonds is 10. The van der Waals surface area contributed by atoms with Crippen molar-refractivity contribution in [2.75, 3.05) is 49.3 Å². The highest BCUT2D eigenvalue weighted by Crippen LogP contribution is 2.29. The quantitative estimate of drug-likeness (QED) is 0.483. The van der Waals surface area contributed by atoms with Crippen LogP contribution in [0.4, 0.5) is 23.5 Å². The fourth-order valence-electron chi connectivity index (χ4n) is 3.46. The molecule has 0 radical (unpaired) electrons. The van der Waals surface area contributed by atoms with Crippen molar-refractivity contribution in [3.63, 3.8) is 0 Å². The Kier molecular flexibility index (Phi) is 8.33. The van der Waals surface area contributed by atoms with Crippen molar-refractivity contribution in [1.82, 2.24) is 20.3 Å². The van der Waals surface area contributed by atoms with Crippen molar-refractivity contribution in [1.29, 1.82) is 0 Å². The largest absolute Gasteiger partial charge is 0.495 e. The molecule has 0 amide bonds. The van der Waals surface area contributed by atoms with Gasteiger partial charge in [-0.1, -0.05) is 31.4 Å². The second kappa shape index (κ2) is 11.2. The summed E-state index contributed by atoms with van der Waals surface area (Å²) in [4.78, 5) is 16.1. The van der Waals surface area contributed by atoms with E-state index in [1.165, 1.54) is 12.8 Å². The third kappa shape index (κ3) is 6.09. The summed E-state index contributed by atoms with van der Waals surface area (Å²) in [5, 5.41) is 10.5. The Morgan fingerprint density at radius 2 is 1.93 bits per heavy atom. The summed E-state index contributed by atoms with van der Waals surface area (Å²) in [5.41, 5.74) is 0.791. The van der Waals surface area contributed by atoms with Gasteiger partial charge in [0, 0.05) is 25.3 Å². The van der Waals surface area contributed by atoms with E-state index in [-0.39, 0.29) is 0 Å². The summed E-state index contributed by atoms with van der Waals surface area (Å²) in [5.74, 6) is 2.36. The highest BCUT2D eigenvalue weighted by Gasteiger charge is 2.21. The van der Waals surface area contributed by atoms with Crippen molar-refractivity contribution >= 4 is 35.1 Å². The van der Waals surface area contributed by atoms with Gasteiger partial charge in [0.1, 0.15) is 5.75 Å². The van der Waals surface area contributed by atoms with Crippen LogP contribution in [0.15, 0.2) is 18.2 Å². The fourth-order valence-corrected chi connectivity index (χ4v) is 3.72. The van der Waals surface area contributed by atoms with E-state index in [4.69, 9.17) is 16.3 Å². The molecule has 0 atom stereocenters. The Balaban J connectivity index is 1.81. The number of benzene rings is 1. The van der Waals surface area contributed by atoms with Gasteiger partial charge in [-0.15, -0.1) is 0 Å². The van der Waals surface area contributed by atoms with Crippen LogP contribution in [0, 0.1) is 0 Å². The van der Waals surface area contributed by atoms with E-state index in [0.717, 1.165) is 44.6 Å². The van der Waals surface area contributed by atoms with Crippen LogP contribution in [0.5, 0.6) is 5.75 Å². The van der Waals surface area contributed by atoms with Gasteiger partial charge in [0.25, 0.3) is 0 Å². The lowest BCUT2D eigenvalue weighted by molar-refractivity contribution is 0.415. The molecule has 8 nitrogen and oxygen atoms in total. The average molecular weight is 434 g/mol. The molecule has 164 valence electrons. The smallest absolute Gasteiger partial charge is 0.233 e. The molecule has 0 unspecified atom stereocenters. The van der Waals surface area contributed by atoms with Gasteiger partial charge in [-0.05, 0) is 50.6 Å². The highest BCUT2D eigenvalue weighted by molar-refractivity contribution is 6.32. The van der Waals surface area contributed by atoms with Gasteiger partial charge in [-0.3, -0.25) is 0 Å². The third-order valence-corrected chi connectivity index (χ3v) is 5.56. The summed E-state index contributed by atoms with van der Waals surface area (Å²) in [6.07, 6.45) is 5.57. The van der Waals surface area contributed by atoms with Crippen LogP contribution in [-0.4, -0.2) is 54.8 Å². The average Bonchev–Trinajstić information content (AvgIpc) is 2.77. The van der Waals surface area contributed by atoms with Crippen molar-refractivity contribution in [2.45, 2.75) is 45.1 Å². The first kappa shape index (κ1) is 22.4. The Bertz CT molecular complexity index is 814. The number of piperidine rings is 1. The third-order valence-electron chi connectivity index (χ3n) is 5.27. The zero-order chi connectivity index (χ0) is 21.3. The molecule has 2 aromatic rings. The first-order chi connectivity index (χ1) is 14.6. The van der Waals surface area contributed by atoms with Crippen molar-refractivity contribution < 1.29 is 4.74 Å². The van der Waals surface area contributed by atoms with E-state index in [1.807, 2.05) is 12.1 Å². The van der Waals surface area contributed by atoms with E-state index >= 15 is 0 Å². The fraction of sp³-hybridized carbons (Fsp3) is 0.571. The molecule has 0 spiro atoms. The maximum absolute atomic E-state index is 6.26. The minimum absolute atomic E-state index is 0.407. The SMILES string of the molecule is CCCCCNc1nc(Nc2ccc(OC)c(Cl)c2)nc(N(C)C2CCNCC2)n1. The van der Waals surface area contributed by atoms with Gasteiger partial charge < -0.3 is 25.6 Å². The molecule has 2 heterocycles. The number of nitrogens with zero attached hydrogens (tertiary/aromatic N) is 4. The van der Waals surface area contributed by atoms with Crippen LogP contribution in [-0.2, 0) is 0 Å². The van der Waals surface area contributed by atoms with Crippen molar-refractivity contribution in [2.24, 2.45) is 0 Å². The van der Waals surface area contributed by atoms with E-state index < -0.39 is 0 Å². The van der Waals surface area contributed by atoms with Crippen LogP contribution in [0.3, 0.4) is 0 Å². The highest BCUT2D eigenvalue weighted by atomic mass is 35.5. The number of hydrogen-bond acceptors (Lipinski definition) is 8. The zero-order valence-electron chi connectivity index (χ0n) is 18.0. The van der Waals surface area contributed by atoms with Gasteiger partial charge in [0.2, 0.25) is 17.8 Å². The van der Waals surface area contributed by atoms with Crippen LogP contribution in [0.1, 0.15) is 39.0 Å². The molecule has 1 aromatic heterocycles. The molecule has 1 saturated heterocycles. The molecule has 0 aliphatic carbocycles. The standard InChI is InChI=1S/C21H32ClN7O/c1-4-5-6-11-24-19-26-20(25-15-7-8-18(30-3)17(22)14-15)28-21(27-19)29(2)16-9-12-23-13-10-16/h7-8,14,16,23H,4-6,9-13H2,1-3H3,(H2,24,25,26,27,28). The summed E-state index contributed by atoms with van der Waals surface area (Å²) >= 11 is 6.26. The number of unbranched alkanes of at least 4 members (excludes halogenated alkanes) is 2. The van der Waals surface area contributed by atoms with Gasteiger partial charge in [-0.25, -0.2) is 0 Å². The summed E-state index contributed by atoms with van der Waals surface area (Å²) < 4.78 is 5.23. The molecule has 0 bridgehead atoms. The predicted molar refractivity (Wildman–Crippen MR) is 123 cm³/mol. The van der Waals surface area contributed by atoms with Gasteiger partial charge in [0.15, 0.2) is 0 Å². The number of methoxy groups -OCH3 is 1. The molecule has 1 aliphatic rings. The van der Waals surface area contributed by atoms with E-state index in [2.05, 4.69) is 49.8 Å². The van der Waals surface area contributed by atoms with Gasteiger partial charge in [-0.2, -0.15) is 15.0 Å². The second-order valence-corrected chi connectivity index (χ2v) is 7.89. The minimum Gasteiger partial charge on any atom is -0.495 e. The van der Waals surface area contributed by atoms with Crippen LogP contribution < -0.4 is 25.6 Å². The number of anilines is 4. The summed E-state index contributed by atoms with van der Waals surface area (Å²) in [6, 6.07) is 5.91. The van der Waals surface area contributed by atoms with E-state index in [0.29, 0.717) is 34.7 Å². The molecule has 1 aliphatic heterocycles. The number of halogens is 1. The lowest BCUT2D eigenvalue weighted by Crippen LogP contribution is -2.42. The van der Waals surface area contributed by atoms with Crippen molar-refractivity contribution in [3.8, 4) is 5.75 Å². The lowest BCUT2D eigenvalue weighted by atomic mass is 10.1. The monoisotopic (exact) mass is 433 g/mol. The maximum atomic E-state index is 6.26. The molecule has 1 aromatic carbocycles. The lowest BCUT2D eigenvalue weighted by Gasteiger charge is -2.31. The van der Waals surface area contributed by atoms with E-state index in [1.54, 1.807) is 13.2 Å². The number of aromatic nitrogens is 3. The molecule has 1 fully saturated rings. The maximum Gasteiger partial charge on any atom is 0.233 e. The minimum atomic E-state index is 0.407. The molecule has 9 heteroatoms. The Morgan fingerprint density at radius 1 is 1.17 bits per heavy atom. The molecular weight excluding hydrogens is 402 g/mol. The van der Waals surface area contributed by atoms with E-state index in [9.17, 15) is 0 Å². The molecule has 3 N–H and O–H groups in total. The zero-order valence-corrected chi connectivity index (χ0v) is 18.8. The van der Waals surface area contributed by atoms with Crippen molar-refractivity contribution in [3.05, 3.63) is 23.2 Å². The summed E-state index contributed by atoms with van der Waals surface area (Å²) in [7, 11) is 3.65. The molecule has 3 rings (SSSR count). The molecular formula is C21H32ClN7O. The number of nitrogens with one attached hydrogen (secondary N) is 3. The van der Waals surface area contributed by atoms with Gasteiger partial charge in [0.05, 0.1) is 12.1 Å². The van der Waals surface area contributed by atoms with Crippen LogP contribution >= 0.6 is 11.6 Å². The summed E-state index contributed by atoms with van der Waals surface area (Å²) in [6.45, 7) is 5.05. The first-order valence-electron chi connectivity index (χ1n) is 10.6. The first-order valence-corrected chi connectivity index (χ1v) is 11.0. The molecule has 30 heavy (non-hydrogen) atoms. The van der Waals surface area contributed by atoms with Crippen LogP contribution in [0.2, 0.25) is 5.02 Å². The number of ether oxygens (including phenoxy) is 1. The Hall–Kier alpha value is -2.32. The predicted octanol–water partition coefficient (Wildman–Crippen LogP) is 4.07.